The molecule has 10 nitrogen and oxygen atoms in total. The van der Waals surface area contributed by atoms with Crippen molar-refractivity contribution in [2.24, 2.45) is 0 Å². The standard InChI is InChI=1S/C36H33N5O5/c42-33-19-28(22-40(33)20-23-6-2-1-3-7-23)38-35(44)25-10-11-26(21-41-31-9-5-4-8-30(31)39-36(41)45)32(18-25)46-29-16-12-24(13-17-29)34(43)37-27-14-15-27/h1-13,16-18,27-28H,14-15,19-22H2,(H,37,43)(H,38,44)(H,39,45). The van der Waals surface area contributed by atoms with Crippen LogP contribution in [0.15, 0.2) is 102 Å². The summed E-state index contributed by atoms with van der Waals surface area (Å²) in [6.45, 7) is 1.12. The molecule has 3 N–H and O–H groups in total. The van der Waals surface area contributed by atoms with Crippen LogP contribution in [0, 0.1) is 0 Å². The number of hydrogen-bond donors (Lipinski definition) is 3. The lowest BCUT2D eigenvalue weighted by Gasteiger charge is -2.18. The van der Waals surface area contributed by atoms with Crippen molar-refractivity contribution in [2.45, 2.75) is 44.4 Å². The molecule has 1 aliphatic carbocycles. The van der Waals surface area contributed by atoms with E-state index >= 15 is 0 Å². The predicted molar refractivity (Wildman–Crippen MR) is 173 cm³/mol. The fraction of sp³-hybridized carbons (Fsp3) is 0.222. The number of nitrogens with zero attached hydrogens (tertiary/aromatic N) is 2. The van der Waals surface area contributed by atoms with E-state index in [2.05, 4.69) is 15.6 Å². The normalized spacial score (nSPS) is 16.0. The topological polar surface area (TPSA) is 126 Å². The fourth-order valence-electron chi connectivity index (χ4n) is 5.75. The van der Waals surface area contributed by atoms with Crippen LogP contribution in [0.25, 0.3) is 11.0 Å². The number of amides is 3. The number of likely N-dealkylation sites (tertiary alicyclic amines) is 1. The zero-order chi connectivity index (χ0) is 31.6. The Morgan fingerprint density at radius 2 is 1.48 bits per heavy atom. The van der Waals surface area contributed by atoms with Gasteiger partial charge in [-0.1, -0.05) is 48.5 Å². The largest absolute Gasteiger partial charge is 0.457 e. The highest BCUT2D eigenvalue weighted by atomic mass is 16.5. The fourth-order valence-corrected chi connectivity index (χ4v) is 5.75. The molecule has 1 unspecified atom stereocenters. The molecular formula is C36H33N5O5. The van der Waals surface area contributed by atoms with Crippen LogP contribution in [0.1, 0.15) is 51.1 Å². The number of benzene rings is 4. The molecule has 2 heterocycles. The van der Waals surface area contributed by atoms with Gasteiger partial charge in [0.25, 0.3) is 11.8 Å². The molecular weight excluding hydrogens is 582 g/mol. The van der Waals surface area contributed by atoms with Crippen LogP contribution in [0.2, 0.25) is 0 Å². The minimum absolute atomic E-state index is 0.00745. The second-order valence-corrected chi connectivity index (χ2v) is 11.9. The molecule has 1 atom stereocenters. The number of imidazole rings is 1. The Kier molecular flexibility index (Phi) is 7.84. The van der Waals surface area contributed by atoms with Gasteiger partial charge in [0, 0.05) is 42.2 Å². The van der Waals surface area contributed by atoms with E-state index in [1.165, 1.54) is 0 Å². The molecule has 2 fully saturated rings. The van der Waals surface area contributed by atoms with Crippen molar-refractivity contribution in [3.05, 3.63) is 130 Å². The lowest BCUT2D eigenvalue weighted by molar-refractivity contribution is -0.128. The molecule has 1 aromatic heterocycles. The molecule has 2 aliphatic rings. The monoisotopic (exact) mass is 615 g/mol. The first-order valence-electron chi connectivity index (χ1n) is 15.4. The summed E-state index contributed by atoms with van der Waals surface area (Å²) < 4.78 is 7.92. The number of nitrogens with one attached hydrogen (secondary N) is 3. The molecule has 46 heavy (non-hydrogen) atoms. The first-order chi connectivity index (χ1) is 22.4. The van der Waals surface area contributed by atoms with Crippen LogP contribution in [-0.4, -0.2) is 50.8 Å². The van der Waals surface area contributed by atoms with Gasteiger partial charge >= 0.3 is 5.69 Å². The molecule has 1 saturated carbocycles. The molecule has 10 heteroatoms. The first kappa shape index (κ1) is 29.1. The summed E-state index contributed by atoms with van der Waals surface area (Å²) in [5, 5.41) is 5.99. The maximum absolute atomic E-state index is 13.4. The molecule has 1 saturated heterocycles. The number of carbonyl (C=O) groups is 3. The van der Waals surface area contributed by atoms with E-state index in [4.69, 9.17) is 4.74 Å². The van der Waals surface area contributed by atoms with E-state index in [1.54, 1.807) is 51.9 Å². The third kappa shape index (κ3) is 6.41. The van der Waals surface area contributed by atoms with Crippen LogP contribution >= 0.6 is 0 Å². The Bertz CT molecular complexity index is 1980. The van der Waals surface area contributed by atoms with Crippen molar-refractivity contribution >= 4 is 28.8 Å². The SMILES string of the molecule is O=C(NC1CC1)c1ccc(Oc2cc(C(=O)NC3CC(=O)N(Cc4ccccc4)C3)ccc2Cn2c(=O)[nH]c3ccccc32)cc1. The van der Waals surface area contributed by atoms with Gasteiger partial charge in [-0.15, -0.1) is 0 Å². The average Bonchev–Trinajstić information content (AvgIpc) is 3.74. The molecule has 7 rings (SSSR count). The highest BCUT2D eigenvalue weighted by molar-refractivity contribution is 5.96. The second-order valence-electron chi connectivity index (χ2n) is 11.9. The summed E-state index contributed by atoms with van der Waals surface area (Å²) >= 11 is 0. The van der Waals surface area contributed by atoms with Crippen molar-refractivity contribution in [1.29, 1.82) is 0 Å². The van der Waals surface area contributed by atoms with Crippen LogP contribution < -0.4 is 21.1 Å². The number of ether oxygens (including phenoxy) is 1. The number of rotatable bonds is 10. The molecule has 0 bridgehead atoms. The average molecular weight is 616 g/mol. The van der Waals surface area contributed by atoms with Crippen LogP contribution in [-0.2, 0) is 17.9 Å². The number of H-pyrrole nitrogens is 1. The van der Waals surface area contributed by atoms with Gasteiger partial charge in [-0.25, -0.2) is 4.79 Å². The first-order valence-corrected chi connectivity index (χ1v) is 15.4. The number of hydrogen-bond acceptors (Lipinski definition) is 5. The summed E-state index contributed by atoms with van der Waals surface area (Å²) in [6.07, 6.45) is 2.23. The van der Waals surface area contributed by atoms with E-state index in [0.29, 0.717) is 41.3 Å². The maximum atomic E-state index is 13.4. The van der Waals surface area contributed by atoms with Gasteiger partial charge in [0.05, 0.1) is 23.6 Å². The van der Waals surface area contributed by atoms with Gasteiger partial charge in [-0.2, -0.15) is 0 Å². The summed E-state index contributed by atoms with van der Waals surface area (Å²) in [5.74, 6) is 0.415. The van der Waals surface area contributed by atoms with Crippen molar-refractivity contribution < 1.29 is 19.1 Å². The van der Waals surface area contributed by atoms with E-state index < -0.39 is 0 Å². The van der Waals surface area contributed by atoms with Crippen LogP contribution in [0.4, 0.5) is 0 Å². The third-order valence-corrected chi connectivity index (χ3v) is 8.36. The molecule has 5 aromatic rings. The number of aromatic nitrogens is 2. The smallest absolute Gasteiger partial charge is 0.326 e. The number of carbonyl (C=O) groups excluding carboxylic acids is 3. The van der Waals surface area contributed by atoms with Crippen molar-refractivity contribution in [3.63, 3.8) is 0 Å². The lowest BCUT2D eigenvalue weighted by Crippen LogP contribution is -2.37. The Labute approximate surface area is 265 Å². The van der Waals surface area contributed by atoms with Crippen molar-refractivity contribution in [2.75, 3.05) is 6.54 Å². The predicted octanol–water partition coefficient (Wildman–Crippen LogP) is 4.59. The molecule has 0 spiro atoms. The van der Waals surface area contributed by atoms with Gasteiger partial charge < -0.3 is 25.3 Å². The summed E-state index contributed by atoms with van der Waals surface area (Å²) in [7, 11) is 0. The van der Waals surface area contributed by atoms with Gasteiger partial charge in [0.15, 0.2) is 0 Å². The lowest BCUT2D eigenvalue weighted by atomic mass is 10.1. The Morgan fingerprint density at radius 1 is 0.783 bits per heavy atom. The van der Waals surface area contributed by atoms with E-state index in [0.717, 1.165) is 29.4 Å². The number of aromatic amines is 1. The maximum Gasteiger partial charge on any atom is 0.326 e. The van der Waals surface area contributed by atoms with Crippen LogP contribution in [0.3, 0.4) is 0 Å². The van der Waals surface area contributed by atoms with Gasteiger partial charge in [0.2, 0.25) is 5.91 Å². The van der Waals surface area contributed by atoms with Crippen LogP contribution in [0.5, 0.6) is 11.5 Å². The summed E-state index contributed by atoms with van der Waals surface area (Å²) in [6, 6.07) is 29.1. The number of fused-ring (bicyclic) bond motifs is 1. The zero-order valence-corrected chi connectivity index (χ0v) is 25.1. The highest BCUT2D eigenvalue weighted by Gasteiger charge is 2.31. The Hall–Kier alpha value is -5.64. The molecule has 1 aliphatic heterocycles. The highest BCUT2D eigenvalue weighted by Crippen LogP contribution is 2.29. The van der Waals surface area contributed by atoms with Crippen molar-refractivity contribution in [1.82, 2.24) is 25.1 Å². The number of para-hydroxylation sites is 2. The molecule has 3 amide bonds. The van der Waals surface area contributed by atoms with Gasteiger partial charge in [0.1, 0.15) is 11.5 Å². The Balaban J connectivity index is 1.12. The minimum atomic E-state index is -0.327. The van der Waals surface area contributed by atoms with E-state index in [-0.39, 0.29) is 48.5 Å². The summed E-state index contributed by atoms with van der Waals surface area (Å²) in [4.78, 5) is 56.1. The molecule has 4 aromatic carbocycles. The minimum Gasteiger partial charge on any atom is -0.457 e. The molecule has 232 valence electrons. The zero-order valence-electron chi connectivity index (χ0n) is 25.1. The third-order valence-electron chi connectivity index (χ3n) is 8.36. The Morgan fingerprint density at radius 3 is 2.26 bits per heavy atom. The second kappa shape index (κ2) is 12.4. The van der Waals surface area contributed by atoms with Crippen molar-refractivity contribution in [3.8, 4) is 11.5 Å². The van der Waals surface area contributed by atoms with E-state index in [9.17, 15) is 19.2 Å². The molecule has 0 radical (unpaired) electrons. The van der Waals surface area contributed by atoms with E-state index in [1.807, 2.05) is 54.6 Å². The quantitative estimate of drug-likeness (QED) is 0.212. The van der Waals surface area contributed by atoms with Gasteiger partial charge in [-0.3, -0.25) is 19.0 Å². The van der Waals surface area contributed by atoms with Gasteiger partial charge in [-0.05, 0) is 66.9 Å². The summed E-state index contributed by atoms with van der Waals surface area (Å²) in [5.41, 5.74) is 3.82.